The number of amides is 2. The first-order chi connectivity index (χ1) is 15.9. The molecule has 1 atom stereocenters. The van der Waals surface area contributed by atoms with E-state index in [9.17, 15) is 9.18 Å². The van der Waals surface area contributed by atoms with Crippen molar-refractivity contribution in [1.29, 1.82) is 0 Å². The van der Waals surface area contributed by atoms with E-state index in [4.69, 9.17) is 34.8 Å². The Morgan fingerprint density at radius 1 is 1.03 bits per heavy atom. The number of pyridine rings is 1. The van der Waals surface area contributed by atoms with Crippen LogP contribution in [0.15, 0.2) is 60.9 Å². The Balaban J connectivity index is 1.61. The van der Waals surface area contributed by atoms with Gasteiger partial charge in [0.1, 0.15) is 5.82 Å². The van der Waals surface area contributed by atoms with Crippen molar-refractivity contribution in [2.45, 2.75) is 18.9 Å². The molecule has 0 aliphatic carbocycles. The molecule has 1 fully saturated rings. The number of aromatic nitrogens is 1. The second-order valence-electron chi connectivity index (χ2n) is 7.85. The molecule has 4 rings (SSSR count). The molecule has 1 N–H and O–H groups in total. The number of nitrogens with one attached hydrogen (secondary N) is 1. The van der Waals surface area contributed by atoms with Gasteiger partial charge in [-0.3, -0.25) is 4.98 Å². The third-order valence-corrected chi connectivity index (χ3v) is 6.43. The highest BCUT2D eigenvalue weighted by molar-refractivity contribution is 6.38. The van der Waals surface area contributed by atoms with Gasteiger partial charge in [-0.25, -0.2) is 9.18 Å². The Bertz CT molecular complexity index is 1110. The summed E-state index contributed by atoms with van der Waals surface area (Å²) in [4.78, 5) is 21.3. The van der Waals surface area contributed by atoms with Crippen molar-refractivity contribution in [3.8, 4) is 0 Å². The molecule has 2 aromatic carbocycles. The SMILES string of the molecule is O=C(Nc1ccc(F)c(Cl)c1)N1CCCN(c2c(Cl)cncc2Cl)CC1Cc1ccccc1. The summed E-state index contributed by atoms with van der Waals surface area (Å²) < 4.78 is 13.5. The van der Waals surface area contributed by atoms with E-state index in [1.54, 1.807) is 12.4 Å². The minimum absolute atomic E-state index is 0.0438. The fraction of sp³-hybridized carbons (Fsp3) is 0.250. The van der Waals surface area contributed by atoms with Gasteiger partial charge < -0.3 is 15.1 Å². The number of benzene rings is 2. The number of halogens is 4. The number of anilines is 2. The molecule has 1 unspecified atom stereocenters. The van der Waals surface area contributed by atoms with Crippen LogP contribution in [-0.4, -0.2) is 41.6 Å². The number of urea groups is 1. The van der Waals surface area contributed by atoms with Crippen LogP contribution in [0.3, 0.4) is 0 Å². The Hall–Kier alpha value is -2.54. The minimum Gasteiger partial charge on any atom is -0.367 e. The maximum absolute atomic E-state index is 13.5. The van der Waals surface area contributed by atoms with E-state index < -0.39 is 5.82 Å². The first-order valence-corrected chi connectivity index (χ1v) is 11.7. The van der Waals surface area contributed by atoms with Gasteiger partial charge in [0.25, 0.3) is 0 Å². The molecule has 1 saturated heterocycles. The van der Waals surface area contributed by atoms with E-state index in [0.717, 1.165) is 17.7 Å². The van der Waals surface area contributed by atoms with E-state index in [0.29, 0.717) is 41.8 Å². The smallest absolute Gasteiger partial charge is 0.322 e. The monoisotopic (exact) mass is 506 g/mol. The number of nitrogens with zero attached hydrogens (tertiary/aromatic N) is 3. The molecular weight excluding hydrogens is 486 g/mol. The lowest BCUT2D eigenvalue weighted by Gasteiger charge is -2.33. The minimum atomic E-state index is -0.534. The van der Waals surface area contributed by atoms with Crippen LogP contribution in [0.25, 0.3) is 0 Å². The first-order valence-electron chi connectivity index (χ1n) is 10.5. The Morgan fingerprint density at radius 2 is 1.76 bits per heavy atom. The Morgan fingerprint density at radius 3 is 2.45 bits per heavy atom. The van der Waals surface area contributed by atoms with E-state index in [2.05, 4.69) is 15.2 Å². The number of carbonyl (C=O) groups is 1. The highest BCUT2D eigenvalue weighted by Gasteiger charge is 2.30. The third-order valence-electron chi connectivity index (χ3n) is 5.59. The third kappa shape index (κ3) is 5.69. The summed E-state index contributed by atoms with van der Waals surface area (Å²) in [5.74, 6) is -0.534. The zero-order valence-corrected chi connectivity index (χ0v) is 19.9. The summed E-state index contributed by atoms with van der Waals surface area (Å²) in [6, 6.07) is 13.7. The van der Waals surface area contributed by atoms with Crippen molar-refractivity contribution in [3.05, 3.63) is 87.4 Å². The van der Waals surface area contributed by atoms with Crippen molar-refractivity contribution >= 4 is 52.2 Å². The van der Waals surface area contributed by atoms with Crippen LogP contribution in [-0.2, 0) is 6.42 Å². The summed E-state index contributed by atoms with van der Waals surface area (Å²) in [6.07, 6.45) is 4.51. The topological polar surface area (TPSA) is 48.5 Å². The van der Waals surface area contributed by atoms with Crippen molar-refractivity contribution in [3.63, 3.8) is 0 Å². The van der Waals surface area contributed by atoms with E-state index in [-0.39, 0.29) is 17.1 Å². The average Bonchev–Trinajstić information content (AvgIpc) is 2.99. The largest absolute Gasteiger partial charge is 0.367 e. The molecule has 3 aromatic rings. The lowest BCUT2D eigenvalue weighted by molar-refractivity contribution is 0.193. The quantitative estimate of drug-likeness (QED) is 0.436. The van der Waals surface area contributed by atoms with Crippen LogP contribution in [0.4, 0.5) is 20.6 Å². The second-order valence-corrected chi connectivity index (χ2v) is 9.07. The molecule has 0 radical (unpaired) electrons. The Labute approximate surface area is 207 Å². The van der Waals surface area contributed by atoms with E-state index in [1.807, 2.05) is 35.2 Å². The lowest BCUT2D eigenvalue weighted by Crippen LogP contribution is -2.47. The average molecular weight is 508 g/mol. The normalized spacial score (nSPS) is 16.4. The van der Waals surface area contributed by atoms with Crippen LogP contribution in [0.5, 0.6) is 0 Å². The van der Waals surface area contributed by atoms with Crippen LogP contribution in [0, 0.1) is 5.82 Å². The number of carbonyl (C=O) groups excluding carboxylic acids is 1. The fourth-order valence-electron chi connectivity index (χ4n) is 4.07. The highest BCUT2D eigenvalue weighted by Crippen LogP contribution is 2.34. The summed E-state index contributed by atoms with van der Waals surface area (Å²) in [5, 5.41) is 3.76. The van der Waals surface area contributed by atoms with Gasteiger partial charge in [-0.1, -0.05) is 65.1 Å². The molecule has 2 heterocycles. The first kappa shape index (κ1) is 23.6. The molecule has 0 bridgehead atoms. The van der Waals surface area contributed by atoms with E-state index in [1.165, 1.54) is 18.2 Å². The lowest BCUT2D eigenvalue weighted by atomic mass is 10.0. The summed E-state index contributed by atoms with van der Waals surface area (Å²) in [7, 11) is 0. The second kappa shape index (κ2) is 10.6. The standard InChI is InChI=1S/C24H22Cl3FN4O/c25-19-12-17(7-8-22(19)28)30-24(33)32-10-4-9-31(23-20(26)13-29-14-21(23)27)15-18(32)11-16-5-2-1-3-6-16/h1-3,5-8,12-14,18H,4,9-11,15H2,(H,30,33). The fourth-order valence-corrected chi connectivity index (χ4v) is 4.85. The highest BCUT2D eigenvalue weighted by atomic mass is 35.5. The summed E-state index contributed by atoms with van der Waals surface area (Å²) in [6.45, 7) is 1.76. The maximum atomic E-state index is 13.5. The zero-order valence-electron chi connectivity index (χ0n) is 17.6. The van der Waals surface area contributed by atoms with Gasteiger partial charge in [-0.2, -0.15) is 0 Å². The molecule has 172 valence electrons. The van der Waals surface area contributed by atoms with Crippen LogP contribution >= 0.6 is 34.8 Å². The molecule has 5 nitrogen and oxygen atoms in total. The summed E-state index contributed by atoms with van der Waals surface area (Å²) >= 11 is 18.8. The van der Waals surface area contributed by atoms with Gasteiger partial charge >= 0.3 is 6.03 Å². The predicted molar refractivity (Wildman–Crippen MR) is 132 cm³/mol. The molecule has 1 aliphatic rings. The molecule has 0 saturated carbocycles. The van der Waals surface area contributed by atoms with Gasteiger partial charge in [0.15, 0.2) is 0 Å². The summed E-state index contributed by atoms with van der Waals surface area (Å²) in [5.41, 5.74) is 2.27. The molecule has 1 aliphatic heterocycles. The molecule has 9 heteroatoms. The van der Waals surface area contributed by atoms with Crippen molar-refractivity contribution in [2.24, 2.45) is 0 Å². The molecule has 2 amide bonds. The number of hydrogen-bond donors (Lipinski definition) is 1. The van der Waals surface area contributed by atoms with Gasteiger partial charge in [0, 0.05) is 37.7 Å². The van der Waals surface area contributed by atoms with Crippen LogP contribution < -0.4 is 10.2 Å². The van der Waals surface area contributed by atoms with Gasteiger partial charge in [0.05, 0.1) is 26.8 Å². The Kier molecular flexibility index (Phi) is 7.58. The van der Waals surface area contributed by atoms with Crippen LogP contribution in [0.1, 0.15) is 12.0 Å². The zero-order chi connectivity index (χ0) is 23.4. The van der Waals surface area contributed by atoms with Gasteiger partial charge in [0.2, 0.25) is 0 Å². The molecule has 1 aromatic heterocycles. The molecule has 0 spiro atoms. The molecule has 33 heavy (non-hydrogen) atoms. The number of hydrogen-bond acceptors (Lipinski definition) is 3. The maximum Gasteiger partial charge on any atom is 0.322 e. The number of rotatable bonds is 4. The van der Waals surface area contributed by atoms with Crippen molar-refractivity contribution < 1.29 is 9.18 Å². The van der Waals surface area contributed by atoms with E-state index >= 15 is 0 Å². The van der Waals surface area contributed by atoms with Crippen molar-refractivity contribution in [1.82, 2.24) is 9.88 Å². The van der Waals surface area contributed by atoms with Crippen LogP contribution in [0.2, 0.25) is 15.1 Å². The molecular formula is C24H22Cl3FN4O. The predicted octanol–water partition coefficient (Wildman–Crippen LogP) is 6.54. The van der Waals surface area contributed by atoms with Gasteiger partial charge in [-0.15, -0.1) is 0 Å². The van der Waals surface area contributed by atoms with Crippen molar-refractivity contribution in [2.75, 3.05) is 29.9 Å². The van der Waals surface area contributed by atoms with Gasteiger partial charge in [-0.05, 0) is 36.6 Å².